The SMILES string of the molecule is CCCCOC(=O)N1CCN(C(=O)[C@H](CCC(=O)O)NC(=O)c2cc(OCC3CCNCC3)cc(-c3ccccc3)n2)CC1. The lowest BCUT2D eigenvalue weighted by atomic mass is 9.99. The number of carboxylic acid groups (broad SMARTS) is 1. The lowest BCUT2D eigenvalue weighted by Crippen LogP contribution is -2.56. The van der Waals surface area contributed by atoms with Crippen LogP contribution in [-0.2, 0) is 14.3 Å². The normalized spacial score (nSPS) is 16.2. The van der Waals surface area contributed by atoms with Gasteiger partial charge in [-0.25, -0.2) is 9.78 Å². The number of rotatable bonds is 13. The summed E-state index contributed by atoms with van der Waals surface area (Å²) in [6.07, 6.45) is 2.90. The standard InChI is InChI=1S/C32H43N5O7/c1-2-3-19-43-32(42)37-17-15-36(16-18-37)31(41)26(9-10-29(38)39)35-30(40)28-21-25(44-22-23-11-13-33-14-12-23)20-27(34-28)24-7-5-4-6-8-24/h4-8,20-21,23,26,33H,2-3,9-19,22H2,1H3,(H,35,40)(H,38,39)/t26-/m0/s1. The first kappa shape index (κ1) is 32.7. The summed E-state index contributed by atoms with van der Waals surface area (Å²) in [5.74, 6) is -1.18. The number of carboxylic acids is 1. The van der Waals surface area contributed by atoms with Crippen LogP contribution in [0, 0.1) is 5.92 Å². The predicted octanol–water partition coefficient (Wildman–Crippen LogP) is 3.17. The summed E-state index contributed by atoms with van der Waals surface area (Å²) >= 11 is 0. The second-order valence-electron chi connectivity index (χ2n) is 11.2. The van der Waals surface area contributed by atoms with Crippen molar-refractivity contribution in [1.29, 1.82) is 0 Å². The second kappa shape index (κ2) is 16.6. The van der Waals surface area contributed by atoms with Gasteiger partial charge >= 0.3 is 12.1 Å². The fourth-order valence-corrected chi connectivity index (χ4v) is 5.21. The number of carbonyl (C=O) groups excluding carboxylic acids is 3. The van der Waals surface area contributed by atoms with Gasteiger partial charge in [-0.1, -0.05) is 43.7 Å². The van der Waals surface area contributed by atoms with Gasteiger partial charge in [-0.3, -0.25) is 14.4 Å². The monoisotopic (exact) mass is 609 g/mol. The molecule has 238 valence electrons. The van der Waals surface area contributed by atoms with E-state index < -0.39 is 29.9 Å². The molecule has 3 heterocycles. The first-order valence-electron chi connectivity index (χ1n) is 15.5. The van der Waals surface area contributed by atoms with Gasteiger partial charge in [-0.05, 0) is 44.7 Å². The van der Waals surface area contributed by atoms with Crippen molar-refractivity contribution in [3.63, 3.8) is 0 Å². The average molecular weight is 610 g/mol. The Bertz CT molecular complexity index is 1260. The van der Waals surface area contributed by atoms with Crippen LogP contribution >= 0.6 is 0 Å². The summed E-state index contributed by atoms with van der Waals surface area (Å²) in [6, 6.07) is 11.7. The van der Waals surface area contributed by atoms with Crippen LogP contribution in [0.2, 0.25) is 0 Å². The fraction of sp³-hybridized carbons (Fsp3) is 0.531. The molecule has 1 atom stereocenters. The zero-order valence-corrected chi connectivity index (χ0v) is 25.3. The third-order valence-electron chi connectivity index (χ3n) is 7.87. The highest BCUT2D eigenvalue weighted by Gasteiger charge is 2.31. The highest BCUT2D eigenvalue weighted by molar-refractivity contribution is 5.97. The molecule has 2 aliphatic heterocycles. The molecular weight excluding hydrogens is 566 g/mol. The number of hydrogen-bond acceptors (Lipinski definition) is 8. The molecule has 44 heavy (non-hydrogen) atoms. The summed E-state index contributed by atoms with van der Waals surface area (Å²) in [5.41, 5.74) is 1.42. The number of hydrogen-bond donors (Lipinski definition) is 3. The van der Waals surface area contributed by atoms with Crippen molar-refractivity contribution in [2.75, 3.05) is 52.5 Å². The molecule has 3 amide bonds. The number of nitrogens with zero attached hydrogens (tertiary/aromatic N) is 3. The Morgan fingerprint density at radius 3 is 2.43 bits per heavy atom. The molecule has 0 saturated carbocycles. The number of amides is 3. The van der Waals surface area contributed by atoms with Gasteiger partial charge < -0.3 is 35.0 Å². The molecule has 0 spiro atoms. The van der Waals surface area contributed by atoms with E-state index in [2.05, 4.69) is 15.6 Å². The van der Waals surface area contributed by atoms with Gasteiger partial charge in [-0.15, -0.1) is 0 Å². The minimum atomic E-state index is -1.08. The number of aromatic nitrogens is 1. The zero-order chi connectivity index (χ0) is 31.3. The number of carbonyl (C=O) groups is 4. The Morgan fingerprint density at radius 2 is 1.75 bits per heavy atom. The molecule has 1 aromatic carbocycles. The highest BCUT2D eigenvalue weighted by Crippen LogP contribution is 2.25. The van der Waals surface area contributed by atoms with Gasteiger partial charge in [0.2, 0.25) is 5.91 Å². The first-order chi connectivity index (χ1) is 21.3. The van der Waals surface area contributed by atoms with Crippen molar-refractivity contribution in [3.8, 4) is 17.0 Å². The molecule has 1 aromatic heterocycles. The third-order valence-corrected chi connectivity index (χ3v) is 7.87. The minimum absolute atomic E-state index is 0.0689. The van der Waals surface area contributed by atoms with Crippen LogP contribution in [0.4, 0.5) is 4.79 Å². The maximum absolute atomic E-state index is 13.6. The molecule has 0 bridgehead atoms. The number of nitrogens with one attached hydrogen (secondary N) is 2. The number of aliphatic carboxylic acids is 1. The maximum Gasteiger partial charge on any atom is 0.409 e. The Morgan fingerprint density at radius 1 is 1.05 bits per heavy atom. The van der Waals surface area contributed by atoms with Crippen molar-refractivity contribution in [2.24, 2.45) is 5.92 Å². The van der Waals surface area contributed by atoms with E-state index in [1.165, 1.54) is 0 Å². The van der Waals surface area contributed by atoms with Crippen molar-refractivity contribution < 1.29 is 33.8 Å². The summed E-state index contributed by atoms with van der Waals surface area (Å²) in [7, 11) is 0. The summed E-state index contributed by atoms with van der Waals surface area (Å²) in [5, 5.41) is 15.4. The smallest absolute Gasteiger partial charge is 0.409 e. The van der Waals surface area contributed by atoms with E-state index in [0.717, 1.165) is 44.3 Å². The fourth-order valence-electron chi connectivity index (χ4n) is 5.21. The molecule has 12 heteroatoms. The van der Waals surface area contributed by atoms with Gasteiger partial charge in [-0.2, -0.15) is 0 Å². The van der Waals surface area contributed by atoms with Gasteiger partial charge in [0.25, 0.3) is 5.91 Å². The number of piperazine rings is 1. The van der Waals surface area contributed by atoms with E-state index in [1.807, 2.05) is 37.3 Å². The van der Waals surface area contributed by atoms with E-state index in [-0.39, 0.29) is 44.7 Å². The van der Waals surface area contributed by atoms with Gasteiger partial charge in [0.05, 0.1) is 18.9 Å². The summed E-state index contributed by atoms with van der Waals surface area (Å²) in [6.45, 7) is 5.82. The van der Waals surface area contributed by atoms with Crippen LogP contribution in [0.5, 0.6) is 5.75 Å². The van der Waals surface area contributed by atoms with Crippen molar-refractivity contribution in [2.45, 2.75) is 51.5 Å². The molecular formula is C32H43N5O7. The number of piperidine rings is 1. The van der Waals surface area contributed by atoms with Crippen LogP contribution in [-0.4, -0.2) is 102 Å². The largest absolute Gasteiger partial charge is 0.493 e. The van der Waals surface area contributed by atoms with E-state index in [4.69, 9.17) is 9.47 Å². The Kier molecular flexibility index (Phi) is 12.3. The third kappa shape index (κ3) is 9.66. The van der Waals surface area contributed by atoms with Gasteiger partial charge in [0.1, 0.15) is 17.5 Å². The lowest BCUT2D eigenvalue weighted by molar-refractivity contribution is -0.138. The number of pyridine rings is 1. The Labute approximate surface area is 258 Å². The van der Waals surface area contributed by atoms with E-state index in [1.54, 1.807) is 21.9 Å². The van der Waals surface area contributed by atoms with E-state index in [0.29, 0.717) is 30.6 Å². The first-order valence-corrected chi connectivity index (χ1v) is 15.5. The topological polar surface area (TPSA) is 150 Å². The minimum Gasteiger partial charge on any atom is -0.493 e. The molecule has 2 aliphatic rings. The lowest BCUT2D eigenvalue weighted by Gasteiger charge is -2.36. The number of ether oxygens (including phenoxy) is 2. The Hall–Kier alpha value is -4.19. The molecule has 0 unspecified atom stereocenters. The Balaban J connectivity index is 1.47. The quantitative estimate of drug-likeness (QED) is 0.291. The molecule has 2 aromatic rings. The number of benzene rings is 1. The average Bonchev–Trinajstić information content (AvgIpc) is 3.06. The summed E-state index contributed by atoms with van der Waals surface area (Å²) < 4.78 is 11.4. The van der Waals surface area contributed by atoms with Gasteiger partial charge in [0, 0.05) is 50.3 Å². The molecule has 2 fully saturated rings. The second-order valence-corrected chi connectivity index (χ2v) is 11.2. The van der Waals surface area contributed by atoms with E-state index in [9.17, 15) is 24.3 Å². The van der Waals surface area contributed by atoms with Crippen LogP contribution in [0.25, 0.3) is 11.3 Å². The van der Waals surface area contributed by atoms with Crippen LogP contribution in [0.1, 0.15) is 55.9 Å². The number of unbranched alkanes of at least 4 members (excludes halogenated alkanes) is 1. The molecule has 4 rings (SSSR count). The maximum atomic E-state index is 13.6. The van der Waals surface area contributed by atoms with Gasteiger partial charge in [0.15, 0.2) is 0 Å². The molecule has 12 nitrogen and oxygen atoms in total. The zero-order valence-electron chi connectivity index (χ0n) is 25.3. The van der Waals surface area contributed by atoms with Crippen LogP contribution < -0.4 is 15.4 Å². The van der Waals surface area contributed by atoms with Crippen molar-refractivity contribution >= 4 is 23.9 Å². The molecule has 2 saturated heterocycles. The van der Waals surface area contributed by atoms with E-state index >= 15 is 0 Å². The molecule has 0 aliphatic carbocycles. The molecule has 3 N–H and O–H groups in total. The summed E-state index contributed by atoms with van der Waals surface area (Å²) in [4.78, 5) is 58.5. The van der Waals surface area contributed by atoms with Crippen LogP contribution in [0.15, 0.2) is 42.5 Å². The predicted molar refractivity (Wildman–Crippen MR) is 163 cm³/mol. The molecule has 0 radical (unpaired) electrons. The van der Waals surface area contributed by atoms with Crippen molar-refractivity contribution in [3.05, 3.63) is 48.2 Å². The van der Waals surface area contributed by atoms with Crippen molar-refractivity contribution in [1.82, 2.24) is 25.4 Å². The highest BCUT2D eigenvalue weighted by atomic mass is 16.6. The van der Waals surface area contributed by atoms with Crippen LogP contribution in [0.3, 0.4) is 0 Å².